The molecule has 2 aromatic rings. The summed E-state index contributed by atoms with van der Waals surface area (Å²) < 4.78 is 41.4. The summed E-state index contributed by atoms with van der Waals surface area (Å²) in [4.78, 5) is 32.1. The number of methoxy groups -OCH3 is 1. The van der Waals surface area contributed by atoms with Crippen LogP contribution in [0.3, 0.4) is 0 Å². The number of carbonyl (C=O) groups excluding carboxylic acids is 2. The highest BCUT2D eigenvalue weighted by molar-refractivity contribution is 7.87. The zero-order chi connectivity index (χ0) is 36.1. The van der Waals surface area contributed by atoms with Gasteiger partial charge in [-0.25, -0.2) is 4.72 Å². The molecule has 2 fully saturated rings. The third-order valence-electron chi connectivity index (χ3n) is 12.1. The van der Waals surface area contributed by atoms with Crippen molar-refractivity contribution in [2.75, 3.05) is 52.3 Å². The molecule has 1 saturated heterocycles. The van der Waals surface area contributed by atoms with Crippen molar-refractivity contribution >= 4 is 39.3 Å². The number of hydrogen-bond acceptors (Lipinski definition) is 8. The molecule has 0 radical (unpaired) electrons. The number of nitrogens with zero attached hydrogens (tertiary/aromatic N) is 3. The van der Waals surface area contributed by atoms with E-state index in [0.717, 1.165) is 49.3 Å². The van der Waals surface area contributed by atoms with Gasteiger partial charge in [0.2, 0.25) is 5.91 Å². The van der Waals surface area contributed by atoms with Gasteiger partial charge >= 0.3 is 10.2 Å². The number of nitrogens with one attached hydrogen (secondary N) is 1. The molecule has 7 rings (SSSR count). The van der Waals surface area contributed by atoms with Gasteiger partial charge in [0.1, 0.15) is 5.75 Å². The van der Waals surface area contributed by atoms with Gasteiger partial charge in [0.25, 0.3) is 5.91 Å². The predicted molar refractivity (Wildman–Crippen MR) is 195 cm³/mol. The highest BCUT2D eigenvalue weighted by Crippen LogP contribution is 2.48. The molecule has 6 atom stereocenters. The third kappa shape index (κ3) is 6.78. The van der Waals surface area contributed by atoms with Gasteiger partial charge < -0.3 is 24.4 Å². The van der Waals surface area contributed by atoms with Gasteiger partial charge in [0, 0.05) is 57.3 Å². The zero-order valence-corrected chi connectivity index (χ0v) is 31.2. The van der Waals surface area contributed by atoms with Crippen molar-refractivity contribution in [3.63, 3.8) is 0 Å². The quantitative estimate of drug-likeness (QED) is 0.445. The molecule has 2 N–H and O–H groups in total. The Kier molecular flexibility index (Phi) is 9.94. The van der Waals surface area contributed by atoms with Crippen LogP contribution in [0.15, 0.2) is 48.6 Å². The second kappa shape index (κ2) is 14.0. The van der Waals surface area contributed by atoms with Crippen LogP contribution < -0.4 is 14.4 Å². The molecule has 3 heterocycles. The maximum atomic E-state index is 14.1. The Hall–Kier alpha value is -3.16. The molecular weight excluding hydrogens is 692 g/mol. The van der Waals surface area contributed by atoms with Crippen LogP contribution in [0, 0.1) is 11.8 Å². The first-order valence-electron chi connectivity index (χ1n) is 18.1. The fourth-order valence-electron chi connectivity index (χ4n) is 9.01. The Balaban J connectivity index is 1.36. The highest BCUT2D eigenvalue weighted by atomic mass is 35.5. The van der Waals surface area contributed by atoms with Crippen molar-refractivity contribution in [3.05, 3.63) is 70.3 Å². The summed E-state index contributed by atoms with van der Waals surface area (Å²) in [6, 6.07) is 11.1. The van der Waals surface area contributed by atoms with E-state index in [1.165, 1.54) is 25.2 Å². The first-order valence-corrected chi connectivity index (χ1v) is 19.9. The first kappa shape index (κ1) is 36.2. The monoisotopic (exact) mass is 740 g/mol. The number of carbonyl (C=O) groups is 2. The minimum absolute atomic E-state index is 0.0600. The number of benzene rings is 2. The molecule has 4 unspecified atom stereocenters. The smallest absolute Gasteiger partial charge is 0.303 e. The molecule has 3 aliphatic heterocycles. The van der Waals surface area contributed by atoms with Gasteiger partial charge in [-0.2, -0.15) is 12.7 Å². The summed E-state index contributed by atoms with van der Waals surface area (Å²) in [5, 5.41) is 13.1. The van der Waals surface area contributed by atoms with Gasteiger partial charge in [0.15, 0.2) is 5.60 Å². The molecule has 5 aliphatic rings. The normalized spacial score (nSPS) is 30.9. The van der Waals surface area contributed by atoms with Crippen LogP contribution >= 0.6 is 11.6 Å². The lowest BCUT2D eigenvalue weighted by Gasteiger charge is -2.46. The van der Waals surface area contributed by atoms with Crippen LogP contribution in [0.4, 0.5) is 5.69 Å². The van der Waals surface area contributed by atoms with Gasteiger partial charge in [0.05, 0.1) is 24.8 Å². The Morgan fingerprint density at radius 2 is 1.96 bits per heavy atom. The van der Waals surface area contributed by atoms with Crippen LogP contribution in [0.1, 0.15) is 68.1 Å². The molecule has 11 nitrogen and oxygen atoms in total. The number of halogens is 1. The molecule has 2 aromatic carbocycles. The van der Waals surface area contributed by atoms with Crippen LogP contribution in [0.25, 0.3) is 0 Å². The van der Waals surface area contributed by atoms with E-state index in [1.807, 2.05) is 10.8 Å². The van der Waals surface area contributed by atoms with E-state index in [4.69, 9.17) is 21.1 Å². The van der Waals surface area contributed by atoms with E-state index in [1.54, 1.807) is 30.2 Å². The molecule has 2 bridgehead atoms. The lowest BCUT2D eigenvalue weighted by atomic mass is 9.68. The number of fused-ring (bicyclic) bond motifs is 5. The molecule has 2 aliphatic carbocycles. The van der Waals surface area contributed by atoms with Crippen LogP contribution in [-0.4, -0.2) is 94.1 Å². The van der Waals surface area contributed by atoms with Crippen LogP contribution in [0.2, 0.25) is 5.02 Å². The summed E-state index contributed by atoms with van der Waals surface area (Å²) in [5.41, 5.74) is 0.434. The van der Waals surface area contributed by atoms with Crippen molar-refractivity contribution < 1.29 is 32.6 Å². The molecule has 276 valence electrons. The van der Waals surface area contributed by atoms with Crippen molar-refractivity contribution in [3.8, 4) is 5.75 Å². The number of rotatable bonds is 4. The van der Waals surface area contributed by atoms with Gasteiger partial charge in [-0.3, -0.25) is 9.59 Å². The summed E-state index contributed by atoms with van der Waals surface area (Å²) in [5.74, 6) is -0.391. The largest absolute Gasteiger partial charge is 0.490 e. The molecular formula is C38H49ClN4O7S. The SMILES string of the molecule is COC1C=CC[C@@H]2CCCN2C(=O)C[C@@](O)(C(=O)NS(=O)(=O)N(C)C)c2ccc3c(c2)N(CC2CCC21)CC1(CCCc2cc(Cl)ccc21)CO3. The van der Waals surface area contributed by atoms with E-state index in [2.05, 4.69) is 29.2 Å². The average Bonchev–Trinajstić information content (AvgIpc) is 3.50. The Morgan fingerprint density at radius 1 is 1.14 bits per heavy atom. The minimum atomic E-state index is -4.28. The Labute approximate surface area is 306 Å². The highest BCUT2D eigenvalue weighted by Gasteiger charge is 2.48. The number of aryl methyl sites for hydroxylation is 1. The standard InChI is InChI=1S/C38H49ClN4O7S/c1-41(2)51(47,48)40-36(45)38(46)21-35(44)43-18-6-9-29(43)8-4-10-33(49-3)30-14-11-26(30)22-42-23-37(24-50-34-16-12-27(38)20-32(34)42)17-5-7-25-19-28(39)13-15-31(25)37/h4,10,12-13,15-16,19-20,26,29-30,33,46H,5-9,11,14,17-18,21-24H2,1-3H3,(H,40,45)/t26?,29-,30?,33?,37?,38+/m1/s1. The summed E-state index contributed by atoms with van der Waals surface area (Å²) >= 11 is 6.46. The third-order valence-corrected chi connectivity index (χ3v) is 13.7. The summed E-state index contributed by atoms with van der Waals surface area (Å²) in [6.07, 6.45) is 10.7. The van der Waals surface area contributed by atoms with Gasteiger partial charge in [-0.15, -0.1) is 0 Å². The van der Waals surface area contributed by atoms with E-state index >= 15 is 0 Å². The van der Waals surface area contributed by atoms with Crippen molar-refractivity contribution in [2.24, 2.45) is 11.8 Å². The number of hydrogen-bond donors (Lipinski definition) is 2. The van der Waals surface area contributed by atoms with E-state index in [0.29, 0.717) is 61.0 Å². The predicted octanol–water partition coefficient (Wildman–Crippen LogP) is 4.31. The first-order chi connectivity index (χ1) is 24.3. The van der Waals surface area contributed by atoms with Crippen LogP contribution in [0.5, 0.6) is 5.75 Å². The van der Waals surface area contributed by atoms with Gasteiger partial charge in [-0.1, -0.05) is 35.9 Å². The topological polar surface area (TPSA) is 129 Å². The minimum Gasteiger partial charge on any atom is -0.490 e. The van der Waals surface area contributed by atoms with E-state index in [-0.39, 0.29) is 23.1 Å². The van der Waals surface area contributed by atoms with Crippen molar-refractivity contribution in [1.82, 2.24) is 13.9 Å². The number of ether oxygens (including phenoxy) is 2. The molecule has 51 heavy (non-hydrogen) atoms. The van der Waals surface area contributed by atoms with Crippen molar-refractivity contribution in [1.29, 1.82) is 0 Å². The molecule has 2 amide bonds. The molecule has 13 heteroatoms. The summed E-state index contributed by atoms with van der Waals surface area (Å²) in [6.45, 7) is 2.24. The summed E-state index contributed by atoms with van der Waals surface area (Å²) in [7, 11) is 0.0604. The molecule has 0 aromatic heterocycles. The van der Waals surface area contributed by atoms with Crippen molar-refractivity contribution in [2.45, 2.75) is 80.9 Å². The number of amides is 2. The lowest BCUT2D eigenvalue weighted by molar-refractivity contribution is -0.149. The number of aliphatic hydroxyl groups is 1. The number of anilines is 1. The fourth-order valence-corrected chi connectivity index (χ4v) is 9.79. The molecule has 1 spiro atoms. The van der Waals surface area contributed by atoms with E-state index in [9.17, 15) is 23.1 Å². The molecule has 1 saturated carbocycles. The fraction of sp³-hybridized carbons (Fsp3) is 0.579. The Morgan fingerprint density at radius 3 is 2.71 bits per heavy atom. The van der Waals surface area contributed by atoms with Crippen LogP contribution in [-0.2, 0) is 42.0 Å². The van der Waals surface area contributed by atoms with E-state index < -0.39 is 34.0 Å². The Bertz CT molecular complexity index is 1820. The average molecular weight is 741 g/mol. The second-order valence-electron chi connectivity index (χ2n) is 15.3. The maximum Gasteiger partial charge on any atom is 0.303 e. The lowest BCUT2D eigenvalue weighted by Crippen LogP contribution is -2.52. The van der Waals surface area contributed by atoms with Gasteiger partial charge in [-0.05, 0) is 104 Å². The second-order valence-corrected chi connectivity index (χ2v) is 17.6. The maximum absolute atomic E-state index is 14.1. The zero-order valence-electron chi connectivity index (χ0n) is 29.6.